The van der Waals surface area contributed by atoms with Crippen LogP contribution in [0.5, 0.6) is 11.5 Å². The van der Waals surface area contributed by atoms with E-state index in [1.54, 1.807) is 12.1 Å². The number of ether oxygens (including phenoxy) is 2. The van der Waals surface area contributed by atoms with Crippen LogP contribution in [0, 0.1) is 20.2 Å². The van der Waals surface area contributed by atoms with Gasteiger partial charge in [0.2, 0.25) is 0 Å². The van der Waals surface area contributed by atoms with E-state index in [9.17, 15) is 25.0 Å². The highest BCUT2D eigenvalue weighted by Gasteiger charge is 2.28. The van der Waals surface area contributed by atoms with Gasteiger partial charge in [0.05, 0.1) is 22.6 Å². The van der Waals surface area contributed by atoms with E-state index in [1.165, 1.54) is 0 Å². The molecule has 28 heavy (non-hydrogen) atoms. The fourth-order valence-electron chi connectivity index (χ4n) is 2.45. The monoisotopic (exact) mass is 389 g/mol. The van der Waals surface area contributed by atoms with Gasteiger partial charge in [0, 0.05) is 12.1 Å². The first-order chi connectivity index (χ1) is 13.2. The Kier molecular flexibility index (Phi) is 6.48. The summed E-state index contributed by atoms with van der Waals surface area (Å²) in [5, 5.41) is 24.6. The van der Waals surface area contributed by atoms with E-state index in [1.807, 2.05) is 12.1 Å². The van der Waals surface area contributed by atoms with Crippen LogP contribution >= 0.6 is 0 Å². The SMILES string of the molecule is COc1c([N+](=O)[O-])cc(NC(=O)COc2ccc(C(C)C)cc2)cc1[N+](=O)[O-]. The average Bonchev–Trinajstić information content (AvgIpc) is 2.65. The summed E-state index contributed by atoms with van der Waals surface area (Å²) in [7, 11) is 1.09. The minimum atomic E-state index is -0.825. The Bertz CT molecular complexity index is 860. The zero-order chi connectivity index (χ0) is 20.8. The third kappa shape index (κ3) is 4.93. The fourth-order valence-corrected chi connectivity index (χ4v) is 2.45. The van der Waals surface area contributed by atoms with Gasteiger partial charge in [-0.2, -0.15) is 0 Å². The number of methoxy groups -OCH3 is 1. The minimum absolute atomic E-state index is 0.108. The summed E-state index contributed by atoms with van der Waals surface area (Å²) < 4.78 is 10.1. The summed E-state index contributed by atoms with van der Waals surface area (Å²) in [4.78, 5) is 32.7. The Morgan fingerprint density at radius 1 is 1.07 bits per heavy atom. The van der Waals surface area contributed by atoms with Gasteiger partial charge in [-0.05, 0) is 23.6 Å². The molecule has 10 nitrogen and oxygen atoms in total. The van der Waals surface area contributed by atoms with Crippen molar-refractivity contribution < 1.29 is 24.1 Å². The van der Waals surface area contributed by atoms with Crippen LogP contribution in [0.2, 0.25) is 0 Å². The maximum atomic E-state index is 12.1. The molecule has 10 heteroatoms. The van der Waals surface area contributed by atoms with Crippen LogP contribution in [0.1, 0.15) is 25.3 Å². The van der Waals surface area contributed by atoms with Crippen molar-refractivity contribution in [3.8, 4) is 11.5 Å². The first-order valence-corrected chi connectivity index (χ1v) is 8.26. The van der Waals surface area contributed by atoms with Gasteiger partial charge >= 0.3 is 11.4 Å². The van der Waals surface area contributed by atoms with Crippen molar-refractivity contribution in [1.82, 2.24) is 0 Å². The molecule has 0 unspecified atom stereocenters. The van der Waals surface area contributed by atoms with E-state index < -0.39 is 32.9 Å². The Balaban J connectivity index is 2.12. The molecule has 2 rings (SSSR count). The smallest absolute Gasteiger partial charge is 0.320 e. The number of nitrogens with zero attached hydrogens (tertiary/aromatic N) is 2. The van der Waals surface area contributed by atoms with Gasteiger partial charge < -0.3 is 14.8 Å². The van der Waals surface area contributed by atoms with E-state index in [4.69, 9.17) is 9.47 Å². The highest BCUT2D eigenvalue weighted by atomic mass is 16.6. The molecule has 0 aromatic heterocycles. The van der Waals surface area contributed by atoms with Crippen molar-refractivity contribution in [1.29, 1.82) is 0 Å². The van der Waals surface area contributed by atoms with Crippen molar-refractivity contribution in [2.75, 3.05) is 19.0 Å². The number of nitro groups is 2. The summed E-state index contributed by atoms with van der Waals surface area (Å²) in [6.07, 6.45) is 0. The fraction of sp³-hybridized carbons (Fsp3) is 0.278. The van der Waals surface area contributed by atoms with Crippen molar-refractivity contribution in [2.45, 2.75) is 19.8 Å². The lowest BCUT2D eigenvalue weighted by Crippen LogP contribution is -2.20. The molecule has 0 spiro atoms. The molecule has 1 amide bonds. The predicted molar refractivity (Wildman–Crippen MR) is 101 cm³/mol. The highest BCUT2D eigenvalue weighted by Crippen LogP contribution is 2.39. The van der Waals surface area contributed by atoms with Crippen LogP contribution in [-0.4, -0.2) is 29.5 Å². The molecule has 0 saturated carbocycles. The molecule has 0 radical (unpaired) electrons. The Morgan fingerprint density at radius 2 is 1.61 bits per heavy atom. The van der Waals surface area contributed by atoms with Crippen LogP contribution < -0.4 is 14.8 Å². The van der Waals surface area contributed by atoms with Crippen molar-refractivity contribution in [3.05, 3.63) is 62.2 Å². The second-order valence-corrected chi connectivity index (χ2v) is 6.12. The number of nitrogens with one attached hydrogen (secondary N) is 1. The largest absolute Gasteiger partial charge is 0.485 e. The summed E-state index contributed by atoms with van der Waals surface area (Å²) >= 11 is 0. The van der Waals surface area contributed by atoms with Gasteiger partial charge in [-0.25, -0.2) is 0 Å². The van der Waals surface area contributed by atoms with Gasteiger partial charge in [-0.1, -0.05) is 26.0 Å². The molecule has 0 bridgehead atoms. The molecule has 0 aliphatic rings. The molecule has 0 heterocycles. The maximum Gasteiger partial charge on any atom is 0.320 e. The number of carbonyl (C=O) groups is 1. The number of anilines is 1. The zero-order valence-electron chi connectivity index (χ0n) is 15.5. The van der Waals surface area contributed by atoms with Gasteiger partial charge in [0.25, 0.3) is 11.7 Å². The maximum absolute atomic E-state index is 12.1. The molecule has 0 aliphatic carbocycles. The third-order valence-electron chi connectivity index (χ3n) is 3.85. The molecule has 148 valence electrons. The highest BCUT2D eigenvalue weighted by molar-refractivity contribution is 5.93. The summed E-state index contributed by atoms with van der Waals surface area (Å²) in [5.74, 6) is -0.276. The van der Waals surface area contributed by atoms with E-state index >= 15 is 0 Å². The van der Waals surface area contributed by atoms with E-state index in [2.05, 4.69) is 19.2 Å². The zero-order valence-corrected chi connectivity index (χ0v) is 15.5. The molecular weight excluding hydrogens is 370 g/mol. The van der Waals surface area contributed by atoms with Crippen LogP contribution in [0.3, 0.4) is 0 Å². The lowest BCUT2D eigenvalue weighted by molar-refractivity contribution is -0.395. The Morgan fingerprint density at radius 3 is 2.04 bits per heavy atom. The molecule has 0 fully saturated rings. The molecule has 0 aliphatic heterocycles. The van der Waals surface area contributed by atoms with Gasteiger partial charge in [-0.3, -0.25) is 25.0 Å². The van der Waals surface area contributed by atoms with Crippen LogP contribution in [0.4, 0.5) is 17.1 Å². The van der Waals surface area contributed by atoms with E-state index in [-0.39, 0.29) is 12.3 Å². The second-order valence-electron chi connectivity index (χ2n) is 6.12. The summed E-state index contributed by atoms with van der Waals surface area (Å²) in [6, 6.07) is 9.20. The van der Waals surface area contributed by atoms with Crippen molar-refractivity contribution in [2.24, 2.45) is 0 Å². The topological polar surface area (TPSA) is 134 Å². The van der Waals surface area contributed by atoms with Crippen molar-refractivity contribution >= 4 is 23.0 Å². The van der Waals surface area contributed by atoms with Crippen LogP contribution in [-0.2, 0) is 4.79 Å². The molecule has 0 saturated heterocycles. The number of benzene rings is 2. The Labute approximate surface area is 160 Å². The quantitative estimate of drug-likeness (QED) is 0.538. The number of nitro benzene ring substituents is 2. The molecule has 2 aromatic rings. The number of amides is 1. The Hall–Kier alpha value is -3.69. The molecule has 1 N–H and O–H groups in total. The average molecular weight is 389 g/mol. The van der Waals surface area contributed by atoms with Crippen molar-refractivity contribution in [3.63, 3.8) is 0 Å². The minimum Gasteiger partial charge on any atom is -0.485 e. The van der Waals surface area contributed by atoms with Crippen LogP contribution in [0.25, 0.3) is 0 Å². The first-order valence-electron chi connectivity index (χ1n) is 8.26. The lowest BCUT2D eigenvalue weighted by Gasteiger charge is -2.10. The number of hydrogen-bond donors (Lipinski definition) is 1. The summed E-state index contributed by atoms with van der Waals surface area (Å²) in [5.41, 5.74) is -0.244. The number of hydrogen-bond acceptors (Lipinski definition) is 7. The predicted octanol–water partition coefficient (Wildman–Crippen LogP) is 3.65. The van der Waals surface area contributed by atoms with E-state index in [0.29, 0.717) is 11.7 Å². The number of rotatable bonds is 8. The third-order valence-corrected chi connectivity index (χ3v) is 3.85. The molecule has 0 atom stereocenters. The normalized spacial score (nSPS) is 10.4. The van der Waals surface area contributed by atoms with Gasteiger partial charge in [0.1, 0.15) is 5.75 Å². The molecule has 2 aromatic carbocycles. The molecular formula is C18H19N3O7. The number of carbonyl (C=O) groups excluding carboxylic acids is 1. The van der Waals surface area contributed by atoms with Crippen LogP contribution in [0.15, 0.2) is 36.4 Å². The standard InChI is InChI=1S/C18H19N3O7/c1-11(2)12-4-6-14(7-5-12)28-10-17(22)19-13-8-15(20(23)24)18(27-3)16(9-13)21(25)26/h4-9,11H,10H2,1-3H3,(H,19,22). The summed E-state index contributed by atoms with van der Waals surface area (Å²) in [6.45, 7) is 3.74. The second kappa shape index (κ2) is 8.80. The van der Waals surface area contributed by atoms with E-state index in [0.717, 1.165) is 24.8 Å². The lowest BCUT2D eigenvalue weighted by atomic mass is 10.0. The van der Waals surface area contributed by atoms with Gasteiger partial charge in [0.15, 0.2) is 6.61 Å². The first kappa shape index (κ1) is 20.6. The van der Waals surface area contributed by atoms with Gasteiger partial charge in [-0.15, -0.1) is 0 Å².